The molecule has 0 bridgehead atoms. The summed E-state index contributed by atoms with van der Waals surface area (Å²) in [6.45, 7) is 5.26. The quantitative estimate of drug-likeness (QED) is 0.747. The Morgan fingerprint density at radius 3 is 2.57 bits per heavy atom. The first-order valence-electron chi connectivity index (χ1n) is 7.06. The highest BCUT2D eigenvalue weighted by atomic mass is 79.9. The second-order valence-electron chi connectivity index (χ2n) is 4.92. The first-order valence-corrected chi connectivity index (χ1v) is 7.85. The number of nitrogens with one attached hydrogen (secondary N) is 1. The summed E-state index contributed by atoms with van der Waals surface area (Å²) in [5, 5.41) is 3.43. The van der Waals surface area contributed by atoms with E-state index in [1.165, 1.54) is 11.6 Å². The molecule has 0 radical (unpaired) electrons. The van der Waals surface area contributed by atoms with Crippen molar-refractivity contribution in [3.8, 4) is 11.5 Å². The van der Waals surface area contributed by atoms with E-state index in [0.717, 1.165) is 17.4 Å². The van der Waals surface area contributed by atoms with Crippen LogP contribution in [-0.2, 0) is 0 Å². The van der Waals surface area contributed by atoms with Crippen LogP contribution in [0.3, 0.4) is 0 Å². The number of ether oxygens (including phenoxy) is 1. The molecular formula is C17H19BrFNO. The molecule has 1 unspecified atom stereocenters. The van der Waals surface area contributed by atoms with E-state index in [9.17, 15) is 4.39 Å². The Kier molecular flexibility index (Phi) is 5.76. The summed E-state index contributed by atoms with van der Waals surface area (Å²) >= 11 is 3.31. The number of benzene rings is 2. The third-order valence-electron chi connectivity index (χ3n) is 3.20. The summed E-state index contributed by atoms with van der Waals surface area (Å²) < 4.78 is 20.0. The van der Waals surface area contributed by atoms with E-state index in [0.29, 0.717) is 11.8 Å². The van der Waals surface area contributed by atoms with Crippen LogP contribution in [0.4, 0.5) is 4.39 Å². The summed E-state index contributed by atoms with van der Waals surface area (Å²) in [4.78, 5) is 0. The van der Waals surface area contributed by atoms with Gasteiger partial charge in [-0.2, -0.15) is 0 Å². The van der Waals surface area contributed by atoms with Crippen molar-refractivity contribution < 1.29 is 9.13 Å². The number of halogens is 2. The molecule has 0 aliphatic carbocycles. The molecule has 4 heteroatoms. The highest BCUT2D eigenvalue weighted by Crippen LogP contribution is 2.28. The molecule has 0 saturated heterocycles. The lowest BCUT2D eigenvalue weighted by atomic mass is 10.1. The van der Waals surface area contributed by atoms with Gasteiger partial charge >= 0.3 is 0 Å². The summed E-state index contributed by atoms with van der Waals surface area (Å²) in [6.07, 6.45) is 1.10. The molecule has 0 saturated carbocycles. The normalized spacial score (nSPS) is 12.2. The van der Waals surface area contributed by atoms with E-state index in [4.69, 9.17) is 4.74 Å². The van der Waals surface area contributed by atoms with Gasteiger partial charge in [-0.3, -0.25) is 0 Å². The van der Waals surface area contributed by atoms with Gasteiger partial charge in [0.2, 0.25) is 0 Å². The van der Waals surface area contributed by atoms with Gasteiger partial charge in [-0.25, -0.2) is 4.39 Å². The minimum absolute atomic E-state index is 0.217. The van der Waals surface area contributed by atoms with Gasteiger partial charge in [0.1, 0.15) is 5.75 Å². The van der Waals surface area contributed by atoms with E-state index < -0.39 is 0 Å². The SMILES string of the molecule is CCCNC(C)c1ccc(Oc2cc(Br)ccc2F)cc1. The number of rotatable bonds is 6. The molecule has 0 spiro atoms. The molecule has 112 valence electrons. The zero-order valence-corrected chi connectivity index (χ0v) is 13.8. The fraction of sp³-hybridized carbons (Fsp3) is 0.294. The average Bonchev–Trinajstić information content (AvgIpc) is 2.49. The van der Waals surface area contributed by atoms with E-state index in [2.05, 4.69) is 35.1 Å². The highest BCUT2D eigenvalue weighted by Gasteiger charge is 2.07. The highest BCUT2D eigenvalue weighted by molar-refractivity contribution is 9.10. The molecule has 2 nitrogen and oxygen atoms in total. The maximum Gasteiger partial charge on any atom is 0.165 e. The van der Waals surface area contributed by atoms with Gasteiger partial charge < -0.3 is 10.1 Å². The van der Waals surface area contributed by atoms with Crippen LogP contribution in [0.1, 0.15) is 31.9 Å². The van der Waals surface area contributed by atoms with Gasteiger partial charge in [-0.1, -0.05) is 35.0 Å². The van der Waals surface area contributed by atoms with Crippen molar-refractivity contribution in [2.45, 2.75) is 26.3 Å². The third kappa shape index (κ3) is 4.55. The third-order valence-corrected chi connectivity index (χ3v) is 3.69. The molecule has 0 fully saturated rings. The van der Waals surface area contributed by atoms with Gasteiger partial charge in [0.15, 0.2) is 11.6 Å². The Morgan fingerprint density at radius 1 is 1.19 bits per heavy atom. The van der Waals surface area contributed by atoms with Crippen LogP contribution in [0.15, 0.2) is 46.9 Å². The second kappa shape index (κ2) is 7.57. The van der Waals surface area contributed by atoms with Crippen molar-refractivity contribution in [1.29, 1.82) is 0 Å². The lowest BCUT2D eigenvalue weighted by molar-refractivity contribution is 0.441. The largest absolute Gasteiger partial charge is 0.454 e. The lowest BCUT2D eigenvalue weighted by Crippen LogP contribution is -2.19. The first-order chi connectivity index (χ1) is 10.1. The van der Waals surface area contributed by atoms with Crippen molar-refractivity contribution in [3.63, 3.8) is 0 Å². The van der Waals surface area contributed by atoms with Crippen LogP contribution >= 0.6 is 15.9 Å². The van der Waals surface area contributed by atoms with Crippen molar-refractivity contribution in [2.75, 3.05) is 6.54 Å². The Morgan fingerprint density at radius 2 is 1.90 bits per heavy atom. The van der Waals surface area contributed by atoms with Gasteiger partial charge in [0.25, 0.3) is 0 Å². The van der Waals surface area contributed by atoms with Crippen LogP contribution in [0, 0.1) is 5.82 Å². The monoisotopic (exact) mass is 351 g/mol. The minimum atomic E-state index is -0.375. The first kappa shape index (κ1) is 16.0. The summed E-state index contributed by atoms with van der Waals surface area (Å²) in [5.41, 5.74) is 1.19. The molecule has 0 aliphatic rings. The Bertz CT molecular complexity index is 586. The Labute approximate surface area is 133 Å². The maximum atomic E-state index is 13.6. The fourth-order valence-electron chi connectivity index (χ4n) is 1.99. The van der Waals surface area contributed by atoms with Gasteiger partial charge in [0.05, 0.1) is 0 Å². The average molecular weight is 352 g/mol. The van der Waals surface area contributed by atoms with Crippen LogP contribution < -0.4 is 10.1 Å². The molecule has 0 amide bonds. The van der Waals surface area contributed by atoms with Crippen LogP contribution in [0.2, 0.25) is 0 Å². The van der Waals surface area contributed by atoms with Crippen molar-refractivity contribution in [1.82, 2.24) is 5.32 Å². The molecule has 21 heavy (non-hydrogen) atoms. The van der Waals surface area contributed by atoms with Gasteiger partial charge in [0, 0.05) is 10.5 Å². The predicted octanol–water partition coefficient (Wildman–Crippen LogP) is 5.44. The van der Waals surface area contributed by atoms with E-state index in [-0.39, 0.29) is 11.6 Å². The molecule has 1 atom stereocenters. The topological polar surface area (TPSA) is 21.3 Å². The van der Waals surface area contributed by atoms with Crippen molar-refractivity contribution in [3.05, 3.63) is 58.3 Å². The van der Waals surface area contributed by atoms with Crippen LogP contribution in [-0.4, -0.2) is 6.54 Å². The Hall–Kier alpha value is -1.39. The molecular weight excluding hydrogens is 333 g/mol. The summed E-state index contributed by atoms with van der Waals surface area (Å²) in [6, 6.07) is 12.7. The lowest BCUT2D eigenvalue weighted by Gasteiger charge is -2.14. The van der Waals surface area contributed by atoms with Crippen LogP contribution in [0.25, 0.3) is 0 Å². The maximum absolute atomic E-state index is 13.6. The molecule has 1 N–H and O–H groups in total. The van der Waals surface area contributed by atoms with Crippen LogP contribution in [0.5, 0.6) is 11.5 Å². The van der Waals surface area contributed by atoms with Crippen molar-refractivity contribution in [2.24, 2.45) is 0 Å². The summed E-state index contributed by atoms with van der Waals surface area (Å²) in [7, 11) is 0. The molecule has 0 heterocycles. The van der Waals surface area contributed by atoms with E-state index in [1.54, 1.807) is 12.1 Å². The zero-order valence-electron chi connectivity index (χ0n) is 12.2. The van der Waals surface area contributed by atoms with Gasteiger partial charge in [-0.15, -0.1) is 0 Å². The Balaban J connectivity index is 2.07. The summed E-state index contributed by atoms with van der Waals surface area (Å²) in [5.74, 6) is 0.466. The van der Waals surface area contributed by atoms with E-state index in [1.807, 2.05) is 24.3 Å². The molecule has 2 aromatic carbocycles. The van der Waals surface area contributed by atoms with Gasteiger partial charge in [-0.05, 0) is 55.8 Å². The fourth-order valence-corrected chi connectivity index (χ4v) is 2.33. The predicted molar refractivity (Wildman–Crippen MR) is 87.3 cm³/mol. The smallest absolute Gasteiger partial charge is 0.165 e. The molecule has 0 aromatic heterocycles. The number of hydrogen-bond acceptors (Lipinski definition) is 2. The molecule has 0 aliphatic heterocycles. The second-order valence-corrected chi connectivity index (χ2v) is 5.84. The minimum Gasteiger partial charge on any atom is -0.454 e. The van der Waals surface area contributed by atoms with E-state index >= 15 is 0 Å². The number of hydrogen-bond donors (Lipinski definition) is 1. The zero-order chi connectivity index (χ0) is 15.2. The molecule has 2 rings (SSSR count). The molecule has 2 aromatic rings. The standard InChI is InChI=1S/C17H19BrFNO/c1-3-10-20-12(2)13-4-7-15(8-5-13)21-17-11-14(18)6-9-16(17)19/h4-9,11-12,20H,3,10H2,1-2H3. The van der Waals surface area contributed by atoms with Crippen molar-refractivity contribution >= 4 is 15.9 Å².